The van der Waals surface area contributed by atoms with Crippen LogP contribution in [0.5, 0.6) is 0 Å². The molecule has 0 atom stereocenters. The van der Waals surface area contributed by atoms with Crippen LogP contribution in [0.25, 0.3) is 0 Å². The van der Waals surface area contributed by atoms with Crippen LogP contribution < -0.4 is 0 Å². The lowest BCUT2D eigenvalue weighted by molar-refractivity contribution is -0.0359. The summed E-state index contributed by atoms with van der Waals surface area (Å²) >= 11 is 18.8. The van der Waals surface area contributed by atoms with E-state index in [0.717, 1.165) is 52.0 Å². The summed E-state index contributed by atoms with van der Waals surface area (Å²) in [6.45, 7) is 3.27. The molecule has 16 heavy (non-hydrogen) atoms. The molecule has 0 radical (unpaired) electrons. The summed E-state index contributed by atoms with van der Waals surface area (Å²) in [6, 6.07) is 0. The van der Waals surface area contributed by atoms with Gasteiger partial charge in [0.1, 0.15) is 0 Å². The molecule has 1 aliphatic heterocycles. The van der Waals surface area contributed by atoms with E-state index in [4.69, 9.17) is 39.5 Å². The molecule has 0 spiro atoms. The van der Waals surface area contributed by atoms with E-state index in [2.05, 4.69) is 4.90 Å². The fourth-order valence-electron chi connectivity index (χ4n) is 2.91. The predicted molar refractivity (Wildman–Crippen MR) is 68.5 cm³/mol. The first-order chi connectivity index (χ1) is 7.56. The second-order valence-corrected chi connectivity index (χ2v) is 6.97. The van der Waals surface area contributed by atoms with Crippen LogP contribution in [0.2, 0.25) is 0 Å². The van der Waals surface area contributed by atoms with Gasteiger partial charge >= 0.3 is 0 Å². The van der Waals surface area contributed by atoms with Crippen molar-refractivity contribution in [1.82, 2.24) is 4.90 Å². The quantitative estimate of drug-likeness (QED) is 0.685. The molecule has 0 aromatic carbocycles. The van der Waals surface area contributed by atoms with E-state index in [0.29, 0.717) is 0 Å². The monoisotopic (exact) mass is 285 g/mol. The number of hydrogen-bond donors (Lipinski definition) is 0. The van der Waals surface area contributed by atoms with Gasteiger partial charge in [-0.2, -0.15) is 0 Å². The van der Waals surface area contributed by atoms with Gasteiger partial charge < -0.3 is 4.74 Å². The highest BCUT2D eigenvalue weighted by Crippen LogP contribution is 2.50. The molecule has 0 bridgehead atoms. The Kier molecular flexibility index (Phi) is 4.29. The Balaban J connectivity index is 2.18. The molecular weight excluding hydrogens is 268 g/mol. The molecular formula is C11H18Cl3NO. The van der Waals surface area contributed by atoms with Crippen molar-refractivity contribution in [1.29, 1.82) is 0 Å². The molecule has 1 saturated heterocycles. The number of halogens is 3. The van der Waals surface area contributed by atoms with Crippen LogP contribution in [-0.4, -0.2) is 40.5 Å². The Labute approximate surface area is 112 Å². The molecule has 2 nitrogen and oxygen atoms in total. The van der Waals surface area contributed by atoms with Gasteiger partial charge in [0.05, 0.1) is 18.8 Å². The van der Waals surface area contributed by atoms with E-state index >= 15 is 0 Å². The molecule has 94 valence electrons. The van der Waals surface area contributed by atoms with Crippen molar-refractivity contribution in [3.8, 4) is 0 Å². The Bertz CT molecular complexity index is 230. The summed E-state index contributed by atoms with van der Waals surface area (Å²) in [5, 5.41) is 0. The summed E-state index contributed by atoms with van der Waals surface area (Å²) in [5.41, 5.74) is -0.264. The number of hydrogen-bond acceptors (Lipinski definition) is 2. The lowest BCUT2D eigenvalue weighted by Gasteiger charge is -2.51. The molecule has 5 heteroatoms. The van der Waals surface area contributed by atoms with E-state index in [1.165, 1.54) is 6.42 Å². The standard InChI is InChI=1S/C11H18Cl3NO/c12-11(13,14)10(4-2-1-3-5-10)15-6-8-16-9-7-15/h1-9H2. The number of ether oxygens (including phenoxy) is 1. The number of nitrogens with zero attached hydrogens (tertiary/aromatic N) is 1. The Morgan fingerprint density at radius 1 is 0.938 bits per heavy atom. The average Bonchev–Trinajstić information content (AvgIpc) is 2.30. The summed E-state index contributed by atoms with van der Waals surface area (Å²) in [4.78, 5) is 2.34. The number of morpholine rings is 1. The van der Waals surface area contributed by atoms with Gasteiger partial charge in [0, 0.05) is 13.1 Å². The first kappa shape index (κ1) is 13.2. The highest BCUT2D eigenvalue weighted by molar-refractivity contribution is 6.68. The van der Waals surface area contributed by atoms with Crippen molar-refractivity contribution in [2.75, 3.05) is 26.3 Å². The van der Waals surface area contributed by atoms with Crippen LogP contribution in [0.4, 0.5) is 0 Å². The van der Waals surface area contributed by atoms with Gasteiger partial charge in [0.2, 0.25) is 3.79 Å². The maximum Gasteiger partial charge on any atom is 0.208 e. The third kappa shape index (κ3) is 2.46. The van der Waals surface area contributed by atoms with E-state index in [1.54, 1.807) is 0 Å². The molecule has 1 saturated carbocycles. The van der Waals surface area contributed by atoms with Crippen molar-refractivity contribution in [2.45, 2.75) is 41.4 Å². The Morgan fingerprint density at radius 3 is 2.00 bits per heavy atom. The van der Waals surface area contributed by atoms with Gasteiger partial charge in [-0.1, -0.05) is 54.1 Å². The zero-order valence-electron chi connectivity index (χ0n) is 9.35. The zero-order chi connectivity index (χ0) is 11.6. The lowest BCUT2D eigenvalue weighted by Crippen LogP contribution is -2.61. The smallest absolute Gasteiger partial charge is 0.208 e. The largest absolute Gasteiger partial charge is 0.379 e. The lowest BCUT2D eigenvalue weighted by atomic mass is 9.81. The summed E-state index contributed by atoms with van der Waals surface area (Å²) in [5.74, 6) is 0. The fourth-order valence-corrected chi connectivity index (χ4v) is 3.83. The highest BCUT2D eigenvalue weighted by Gasteiger charge is 2.52. The number of rotatable bonds is 1. The normalized spacial score (nSPS) is 27.9. The second kappa shape index (κ2) is 5.19. The minimum Gasteiger partial charge on any atom is -0.379 e. The minimum atomic E-state index is -1.19. The Morgan fingerprint density at radius 2 is 1.50 bits per heavy atom. The van der Waals surface area contributed by atoms with Gasteiger partial charge in [0.25, 0.3) is 0 Å². The van der Waals surface area contributed by atoms with E-state index < -0.39 is 3.79 Å². The van der Waals surface area contributed by atoms with E-state index in [9.17, 15) is 0 Å². The third-order valence-electron chi connectivity index (χ3n) is 3.82. The minimum absolute atomic E-state index is 0.264. The molecule has 0 aromatic rings. The second-order valence-electron chi connectivity index (χ2n) is 4.69. The molecule has 0 amide bonds. The predicted octanol–water partition coefficient (Wildman–Crippen LogP) is 3.39. The molecule has 0 unspecified atom stereocenters. The summed E-state index contributed by atoms with van der Waals surface area (Å²) in [7, 11) is 0. The number of alkyl halides is 3. The Hall–Kier alpha value is 0.790. The first-order valence-corrected chi connectivity index (χ1v) is 7.09. The first-order valence-electron chi connectivity index (χ1n) is 5.96. The molecule has 2 rings (SSSR count). The van der Waals surface area contributed by atoms with Crippen molar-refractivity contribution in [2.24, 2.45) is 0 Å². The summed E-state index contributed by atoms with van der Waals surface area (Å²) in [6.07, 6.45) is 5.55. The molecule has 2 aliphatic rings. The molecule has 1 aliphatic carbocycles. The van der Waals surface area contributed by atoms with Crippen LogP contribution >= 0.6 is 34.8 Å². The summed E-state index contributed by atoms with van der Waals surface area (Å²) < 4.78 is 4.19. The van der Waals surface area contributed by atoms with Crippen LogP contribution in [0, 0.1) is 0 Å². The average molecular weight is 287 g/mol. The third-order valence-corrected chi connectivity index (χ3v) is 4.88. The van der Waals surface area contributed by atoms with Crippen molar-refractivity contribution in [3.63, 3.8) is 0 Å². The highest BCUT2D eigenvalue weighted by atomic mass is 35.6. The maximum absolute atomic E-state index is 6.25. The van der Waals surface area contributed by atoms with Gasteiger partial charge in [-0.25, -0.2) is 0 Å². The van der Waals surface area contributed by atoms with E-state index in [-0.39, 0.29) is 5.54 Å². The van der Waals surface area contributed by atoms with Gasteiger partial charge in [0.15, 0.2) is 0 Å². The van der Waals surface area contributed by atoms with Gasteiger partial charge in [-0.15, -0.1) is 0 Å². The fraction of sp³-hybridized carbons (Fsp3) is 1.00. The van der Waals surface area contributed by atoms with Crippen LogP contribution in [0.1, 0.15) is 32.1 Å². The topological polar surface area (TPSA) is 12.5 Å². The molecule has 2 fully saturated rings. The van der Waals surface area contributed by atoms with Gasteiger partial charge in [-0.3, -0.25) is 4.90 Å². The van der Waals surface area contributed by atoms with Crippen molar-refractivity contribution >= 4 is 34.8 Å². The molecule has 0 aromatic heterocycles. The SMILES string of the molecule is ClC(Cl)(Cl)C1(N2CCOCC2)CCCCC1. The van der Waals surface area contributed by atoms with Crippen molar-refractivity contribution in [3.05, 3.63) is 0 Å². The van der Waals surface area contributed by atoms with E-state index in [1.807, 2.05) is 0 Å². The van der Waals surface area contributed by atoms with Crippen LogP contribution in [-0.2, 0) is 4.74 Å². The zero-order valence-corrected chi connectivity index (χ0v) is 11.6. The van der Waals surface area contributed by atoms with Gasteiger partial charge in [-0.05, 0) is 12.8 Å². The van der Waals surface area contributed by atoms with Crippen molar-refractivity contribution < 1.29 is 4.74 Å². The molecule has 1 heterocycles. The maximum atomic E-state index is 6.25. The van der Waals surface area contributed by atoms with Crippen LogP contribution in [0.15, 0.2) is 0 Å². The molecule has 0 N–H and O–H groups in total. The van der Waals surface area contributed by atoms with Crippen LogP contribution in [0.3, 0.4) is 0 Å².